The van der Waals surface area contributed by atoms with Gasteiger partial charge in [0.15, 0.2) is 0 Å². The smallest absolute Gasteiger partial charge is 0.122 e. The zero-order valence-electron chi connectivity index (χ0n) is 17.0. The third-order valence-corrected chi connectivity index (χ3v) is 6.12. The Morgan fingerprint density at radius 3 is 2.43 bits per heavy atom. The van der Waals surface area contributed by atoms with E-state index in [0.29, 0.717) is 18.0 Å². The molecule has 5 heteroatoms. The van der Waals surface area contributed by atoms with E-state index in [1.54, 1.807) is 21.3 Å². The maximum absolute atomic E-state index is 5.46. The van der Waals surface area contributed by atoms with Crippen molar-refractivity contribution in [3.8, 4) is 17.2 Å². The third-order valence-electron chi connectivity index (χ3n) is 6.12. The van der Waals surface area contributed by atoms with Crippen LogP contribution < -0.4 is 19.5 Å². The summed E-state index contributed by atoms with van der Waals surface area (Å²) < 4.78 is 16.4. The first-order valence-electron chi connectivity index (χ1n) is 10.0. The average molecular weight is 383 g/mol. The van der Waals surface area contributed by atoms with Crippen molar-refractivity contribution in [2.45, 2.75) is 37.4 Å². The summed E-state index contributed by atoms with van der Waals surface area (Å²) in [6.45, 7) is 3.04. The van der Waals surface area contributed by atoms with Crippen LogP contribution in [0.25, 0.3) is 0 Å². The number of rotatable bonds is 6. The highest BCUT2D eigenvalue weighted by Gasteiger charge is 2.43. The summed E-state index contributed by atoms with van der Waals surface area (Å²) in [6, 6.07) is 15.7. The second-order valence-electron chi connectivity index (χ2n) is 7.72. The van der Waals surface area contributed by atoms with Gasteiger partial charge < -0.3 is 19.5 Å². The van der Waals surface area contributed by atoms with E-state index < -0.39 is 0 Å². The monoisotopic (exact) mass is 382 g/mol. The molecule has 0 aliphatic carbocycles. The van der Waals surface area contributed by atoms with Gasteiger partial charge in [0.1, 0.15) is 17.2 Å². The van der Waals surface area contributed by atoms with Crippen molar-refractivity contribution in [2.75, 3.05) is 34.4 Å². The van der Waals surface area contributed by atoms with Crippen molar-refractivity contribution < 1.29 is 14.2 Å². The van der Waals surface area contributed by atoms with Gasteiger partial charge >= 0.3 is 0 Å². The summed E-state index contributed by atoms with van der Waals surface area (Å²) >= 11 is 0. The molecule has 2 saturated heterocycles. The van der Waals surface area contributed by atoms with E-state index in [0.717, 1.165) is 36.9 Å². The standard InChI is InChI=1S/C23H30N2O3/c1-26-18-7-4-6-17(12-18)21-15-25(22-8-5-9-24-23(21)22)14-16-10-19(27-2)13-20(11-16)28-3/h4,6-7,10-13,21-24H,5,8-9,14-15H2,1-3H3/t21-,22-,23-/m1/s1. The molecule has 0 saturated carbocycles. The van der Waals surface area contributed by atoms with E-state index >= 15 is 0 Å². The second-order valence-corrected chi connectivity index (χ2v) is 7.72. The third kappa shape index (κ3) is 3.82. The van der Waals surface area contributed by atoms with Crippen molar-refractivity contribution >= 4 is 0 Å². The lowest BCUT2D eigenvalue weighted by Gasteiger charge is -2.33. The van der Waals surface area contributed by atoms with Crippen LogP contribution in [-0.2, 0) is 6.54 Å². The number of likely N-dealkylation sites (tertiary alicyclic amines) is 1. The maximum Gasteiger partial charge on any atom is 0.122 e. The molecule has 2 heterocycles. The van der Waals surface area contributed by atoms with E-state index in [1.807, 2.05) is 12.1 Å². The summed E-state index contributed by atoms with van der Waals surface area (Å²) in [6.07, 6.45) is 2.46. The Balaban J connectivity index is 1.59. The second kappa shape index (κ2) is 8.41. The summed E-state index contributed by atoms with van der Waals surface area (Å²) in [5.41, 5.74) is 2.58. The van der Waals surface area contributed by atoms with Crippen molar-refractivity contribution in [3.63, 3.8) is 0 Å². The fourth-order valence-electron chi connectivity index (χ4n) is 4.78. The molecule has 28 heavy (non-hydrogen) atoms. The van der Waals surface area contributed by atoms with E-state index in [1.165, 1.54) is 24.0 Å². The molecule has 2 aliphatic heterocycles. The van der Waals surface area contributed by atoms with Crippen LogP contribution in [-0.4, -0.2) is 51.4 Å². The molecule has 0 amide bonds. The average Bonchev–Trinajstić information content (AvgIpc) is 3.12. The number of hydrogen-bond donors (Lipinski definition) is 1. The van der Waals surface area contributed by atoms with Crippen molar-refractivity contribution in [1.82, 2.24) is 10.2 Å². The normalized spacial score (nSPS) is 24.6. The highest BCUT2D eigenvalue weighted by atomic mass is 16.5. The van der Waals surface area contributed by atoms with Gasteiger partial charge in [0, 0.05) is 37.2 Å². The van der Waals surface area contributed by atoms with Crippen LogP contribution in [0, 0.1) is 0 Å². The lowest BCUT2D eigenvalue weighted by Crippen LogP contribution is -2.48. The van der Waals surface area contributed by atoms with Gasteiger partial charge in [-0.3, -0.25) is 4.90 Å². The summed E-state index contributed by atoms with van der Waals surface area (Å²) in [5, 5.41) is 3.80. The quantitative estimate of drug-likeness (QED) is 0.829. The molecule has 3 atom stereocenters. The van der Waals surface area contributed by atoms with Gasteiger partial charge in [-0.25, -0.2) is 0 Å². The number of piperidine rings is 1. The topological polar surface area (TPSA) is 43.0 Å². The van der Waals surface area contributed by atoms with Crippen LogP contribution in [0.3, 0.4) is 0 Å². The zero-order valence-corrected chi connectivity index (χ0v) is 17.0. The molecular formula is C23H30N2O3. The Morgan fingerprint density at radius 1 is 0.964 bits per heavy atom. The first kappa shape index (κ1) is 19.1. The zero-order chi connectivity index (χ0) is 19.5. The number of methoxy groups -OCH3 is 3. The molecular weight excluding hydrogens is 352 g/mol. The number of ether oxygens (including phenoxy) is 3. The van der Waals surface area contributed by atoms with Gasteiger partial charge in [-0.05, 0) is 54.8 Å². The molecule has 150 valence electrons. The fraction of sp³-hybridized carbons (Fsp3) is 0.478. The first-order chi connectivity index (χ1) is 13.7. The molecule has 0 spiro atoms. The van der Waals surface area contributed by atoms with Crippen molar-refractivity contribution in [1.29, 1.82) is 0 Å². The van der Waals surface area contributed by atoms with Crippen molar-refractivity contribution in [2.24, 2.45) is 0 Å². The number of nitrogens with zero attached hydrogens (tertiary/aromatic N) is 1. The lowest BCUT2D eigenvalue weighted by molar-refractivity contribution is 0.193. The Hall–Kier alpha value is -2.24. The summed E-state index contributed by atoms with van der Waals surface area (Å²) in [5.74, 6) is 3.08. The Labute approximate surface area is 167 Å². The van der Waals surface area contributed by atoms with Crippen LogP contribution in [0.15, 0.2) is 42.5 Å². The predicted molar refractivity (Wildman–Crippen MR) is 111 cm³/mol. The SMILES string of the molecule is COc1cc(CN2C[C@H](c3cccc(OC)c3)[C@H]3NCCC[C@H]32)cc(OC)c1. The Kier molecular flexibility index (Phi) is 5.74. The van der Waals surface area contributed by atoms with E-state index in [2.05, 4.69) is 40.5 Å². The van der Waals surface area contributed by atoms with Gasteiger partial charge in [-0.1, -0.05) is 12.1 Å². The molecule has 0 aromatic heterocycles. The molecule has 2 aromatic rings. The molecule has 2 fully saturated rings. The molecule has 5 nitrogen and oxygen atoms in total. The van der Waals surface area contributed by atoms with Gasteiger partial charge in [-0.15, -0.1) is 0 Å². The lowest BCUT2D eigenvalue weighted by atomic mass is 9.87. The molecule has 0 radical (unpaired) electrons. The number of hydrogen-bond acceptors (Lipinski definition) is 5. The maximum atomic E-state index is 5.46. The first-order valence-corrected chi connectivity index (χ1v) is 10.0. The van der Waals surface area contributed by atoms with Gasteiger partial charge in [0.25, 0.3) is 0 Å². The molecule has 2 aromatic carbocycles. The minimum absolute atomic E-state index is 0.466. The van der Waals surface area contributed by atoms with Gasteiger partial charge in [0.2, 0.25) is 0 Å². The molecule has 1 N–H and O–H groups in total. The fourth-order valence-corrected chi connectivity index (χ4v) is 4.78. The Bertz CT molecular complexity index is 788. The number of fused-ring (bicyclic) bond motifs is 1. The summed E-state index contributed by atoms with van der Waals surface area (Å²) in [4.78, 5) is 2.62. The largest absolute Gasteiger partial charge is 0.497 e. The van der Waals surface area contributed by atoms with Crippen LogP contribution >= 0.6 is 0 Å². The highest BCUT2D eigenvalue weighted by Crippen LogP contribution is 2.38. The molecule has 0 bridgehead atoms. The van der Waals surface area contributed by atoms with Crippen molar-refractivity contribution in [3.05, 3.63) is 53.6 Å². The highest BCUT2D eigenvalue weighted by molar-refractivity contribution is 5.39. The van der Waals surface area contributed by atoms with Crippen LogP contribution in [0.1, 0.15) is 29.9 Å². The van der Waals surface area contributed by atoms with Crippen LogP contribution in [0.5, 0.6) is 17.2 Å². The summed E-state index contributed by atoms with van der Waals surface area (Å²) in [7, 11) is 5.14. The van der Waals surface area contributed by atoms with E-state index in [9.17, 15) is 0 Å². The predicted octanol–water partition coefficient (Wildman–Crippen LogP) is 3.43. The van der Waals surface area contributed by atoms with Crippen LogP contribution in [0.4, 0.5) is 0 Å². The van der Waals surface area contributed by atoms with Gasteiger partial charge in [0.05, 0.1) is 21.3 Å². The van der Waals surface area contributed by atoms with Gasteiger partial charge in [-0.2, -0.15) is 0 Å². The van der Waals surface area contributed by atoms with E-state index in [-0.39, 0.29) is 0 Å². The van der Waals surface area contributed by atoms with Crippen LogP contribution in [0.2, 0.25) is 0 Å². The minimum atomic E-state index is 0.466. The Morgan fingerprint density at radius 2 is 1.71 bits per heavy atom. The molecule has 4 rings (SSSR count). The van der Waals surface area contributed by atoms with E-state index in [4.69, 9.17) is 14.2 Å². The minimum Gasteiger partial charge on any atom is -0.497 e. The number of benzene rings is 2. The molecule has 2 aliphatic rings. The molecule has 0 unspecified atom stereocenters. The number of nitrogens with one attached hydrogen (secondary N) is 1.